The standard InChI is InChI=1S/C15H17N3O2/c1-10-8-11(4-5-13(10)19)14-12(9-16-17-15(14)20)18-6-2-3-7-18/h4-5,8-9,19H,2-3,6-7H2,1H3,(H,17,20). The molecule has 1 aromatic heterocycles. The van der Waals surface area contributed by atoms with Gasteiger partial charge in [-0.05, 0) is 43.0 Å². The molecule has 0 unspecified atom stereocenters. The molecule has 0 saturated carbocycles. The van der Waals surface area contributed by atoms with E-state index < -0.39 is 0 Å². The summed E-state index contributed by atoms with van der Waals surface area (Å²) in [7, 11) is 0. The number of benzene rings is 1. The normalized spacial score (nSPS) is 14.8. The first-order valence-corrected chi connectivity index (χ1v) is 6.79. The highest BCUT2D eigenvalue weighted by molar-refractivity contribution is 5.78. The molecule has 0 amide bonds. The fourth-order valence-electron chi connectivity index (χ4n) is 2.68. The molecule has 1 saturated heterocycles. The number of aromatic hydroxyl groups is 1. The second-order valence-corrected chi connectivity index (χ2v) is 5.15. The van der Waals surface area contributed by atoms with Crippen molar-refractivity contribution in [2.45, 2.75) is 19.8 Å². The zero-order valence-electron chi connectivity index (χ0n) is 11.4. The van der Waals surface area contributed by atoms with Gasteiger partial charge in [0.1, 0.15) is 5.75 Å². The summed E-state index contributed by atoms with van der Waals surface area (Å²) < 4.78 is 0. The molecule has 2 N–H and O–H groups in total. The van der Waals surface area contributed by atoms with Gasteiger partial charge >= 0.3 is 0 Å². The Hall–Kier alpha value is -2.30. The summed E-state index contributed by atoms with van der Waals surface area (Å²) in [5, 5.41) is 16.1. The van der Waals surface area contributed by atoms with Gasteiger partial charge in [-0.15, -0.1) is 0 Å². The number of hydrogen-bond donors (Lipinski definition) is 2. The summed E-state index contributed by atoms with van der Waals surface area (Å²) in [6.07, 6.45) is 3.99. The average molecular weight is 271 g/mol. The molecule has 0 radical (unpaired) electrons. The highest BCUT2D eigenvalue weighted by atomic mass is 16.3. The van der Waals surface area contributed by atoms with Gasteiger partial charge in [0.2, 0.25) is 0 Å². The second-order valence-electron chi connectivity index (χ2n) is 5.15. The van der Waals surface area contributed by atoms with E-state index in [1.165, 1.54) is 0 Å². The van der Waals surface area contributed by atoms with Gasteiger partial charge in [0.05, 0.1) is 17.4 Å². The van der Waals surface area contributed by atoms with E-state index in [0.717, 1.165) is 42.7 Å². The molecule has 1 aliphatic rings. The Morgan fingerprint density at radius 1 is 1.30 bits per heavy atom. The first kappa shape index (κ1) is 12.7. The van der Waals surface area contributed by atoms with Crippen LogP contribution in [0.25, 0.3) is 11.1 Å². The van der Waals surface area contributed by atoms with Crippen LogP contribution in [0.2, 0.25) is 0 Å². The van der Waals surface area contributed by atoms with Crippen LogP contribution in [-0.4, -0.2) is 28.4 Å². The van der Waals surface area contributed by atoms with Gasteiger partial charge in [0.15, 0.2) is 0 Å². The van der Waals surface area contributed by atoms with Crippen molar-refractivity contribution in [2.75, 3.05) is 18.0 Å². The monoisotopic (exact) mass is 271 g/mol. The summed E-state index contributed by atoms with van der Waals surface area (Å²) in [6.45, 7) is 3.73. The number of anilines is 1. The maximum Gasteiger partial charge on any atom is 0.274 e. The molecule has 1 aliphatic heterocycles. The van der Waals surface area contributed by atoms with Crippen LogP contribution in [0.1, 0.15) is 18.4 Å². The number of aromatic nitrogens is 2. The van der Waals surface area contributed by atoms with E-state index in [9.17, 15) is 9.90 Å². The molecule has 5 nitrogen and oxygen atoms in total. The molecule has 2 heterocycles. The van der Waals surface area contributed by atoms with Gasteiger partial charge in [-0.2, -0.15) is 5.10 Å². The smallest absolute Gasteiger partial charge is 0.274 e. The van der Waals surface area contributed by atoms with Crippen LogP contribution in [0.15, 0.2) is 29.2 Å². The van der Waals surface area contributed by atoms with E-state index in [-0.39, 0.29) is 11.3 Å². The number of H-pyrrole nitrogens is 1. The molecule has 0 spiro atoms. The molecule has 104 valence electrons. The van der Waals surface area contributed by atoms with Crippen LogP contribution in [0.5, 0.6) is 5.75 Å². The highest BCUT2D eigenvalue weighted by Gasteiger charge is 2.19. The SMILES string of the molecule is Cc1cc(-c2c(N3CCCC3)cn[nH]c2=O)ccc1O. The third kappa shape index (κ3) is 2.15. The number of aryl methyl sites for hydroxylation is 1. The second kappa shape index (κ2) is 5.00. The van der Waals surface area contributed by atoms with Gasteiger partial charge in [0, 0.05) is 13.1 Å². The van der Waals surface area contributed by atoms with E-state index in [2.05, 4.69) is 15.1 Å². The van der Waals surface area contributed by atoms with Gasteiger partial charge in [-0.3, -0.25) is 4.79 Å². The topological polar surface area (TPSA) is 69.2 Å². The number of rotatable bonds is 2. The van der Waals surface area contributed by atoms with Crippen molar-refractivity contribution in [3.63, 3.8) is 0 Å². The number of phenols is 1. The molecular formula is C15H17N3O2. The number of nitrogens with one attached hydrogen (secondary N) is 1. The Kier molecular flexibility index (Phi) is 3.18. The zero-order valence-corrected chi connectivity index (χ0v) is 11.4. The van der Waals surface area contributed by atoms with Gasteiger partial charge in [-0.1, -0.05) is 6.07 Å². The van der Waals surface area contributed by atoms with Crippen molar-refractivity contribution < 1.29 is 5.11 Å². The van der Waals surface area contributed by atoms with Crippen molar-refractivity contribution in [1.82, 2.24) is 10.2 Å². The predicted molar refractivity (Wildman–Crippen MR) is 78.1 cm³/mol. The molecular weight excluding hydrogens is 254 g/mol. The predicted octanol–water partition coefficient (Wildman–Crippen LogP) is 2.05. The van der Waals surface area contributed by atoms with Crippen LogP contribution in [-0.2, 0) is 0 Å². The molecule has 0 bridgehead atoms. The molecule has 0 atom stereocenters. The van der Waals surface area contributed by atoms with Crippen molar-refractivity contribution in [1.29, 1.82) is 0 Å². The molecule has 5 heteroatoms. The Morgan fingerprint density at radius 3 is 2.75 bits per heavy atom. The zero-order chi connectivity index (χ0) is 14.1. The summed E-state index contributed by atoms with van der Waals surface area (Å²) in [4.78, 5) is 14.4. The summed E-state index contributed by atoms with van der Waals surface area (Å²) in [5.41, 5.74) is 2.87. The van der Waals surface area contributed by atoms with E-state index in [1.54, 1.807) is 18.3 Å². The number of hydrogen-bond acceptors (Lipinski definition) is 4. The lowest BCUT2D eigenvalue weighted by atomic mass is 10.0. The number of phenolic OH excluding ortho intramolecular Hbond substituents is 1. The molecule has 2 aromatic rings. The fourth-order valence-corrected chi connectivity index (χ4v) is 2.68. The summed E-state index contributed by atoms with van der Waals surface area (Å²) in [6, 6.07) is 5.23. The molecule has 1 fully saturated rings. The largest absolute Gasteiger partial charge is 0.508 e. The van der Waals surface area contributed by atoms with Crippen molar-refractivity contribution in [2.24, 2.45) is 0 Å². The van der Waals surface area contributed by atoms with E-state index >= 15 is 0 Å². The minimum absolute atomic E-state index is 0.195. The van der Waals surface area contributed by atoms with E-state index in [0.29, 0.717) is 5.56 Å². The maximum atomic E-state index is 12.2. The molecule has 3 rings (SSSR count). The first-order valence-electron chi connectivity index (χ1n) is 6.79. The van der Waals surface area contributed by atoms with Gasteiger partial charge in [0.25, 0.3) is 5.56 Å². The van der Waals surface area contributed by atoms with Crippen molar-refractivity contribution >= 4 is 5.69 Å². The van der Waals surface area contributed by atoms with Crippen LogP contribution in [0.3, 0.4) is 0 Å². The fraction of sp³-hybridized carbons (Fsp3) is 0.333. The Balaban J connectivity index is 2.16. The van der Waals surface area contributed by atoms with Gasteiger partial charge < -0.3 is 10.0 Å². The van der Waals surface area contributed by atoms with Crippen LogP contribution < -0.4 is 10.5 Å². The lowest BCUT2D eigenvalue weighted by Crippen LogP contribution is -2.23. The number of aromatic amines is 1. The third-order valence-electron chi connectivity index (χ3n) is 3.77. The van der Waals surface area contributed by atoms with E-state index in [1.807, 2.05) is 13.0 Å². The maximum absolute atomic E-state index is 12.2. The first-order chi connectivity index (χ1) is 9.66. The Labute approximate surface area is 116 Å². The summed E-state index contributed by atoms with van der Waals surface area (Å²) >= 11 is 0. The van der Waals surface area contributed by atoms with Crippen LogP contribution in [0.4, 0.5) is 5.69 Å². The Morgan fingerprint density at radius 2 is 2.05 bits per heavy atom. The molecule has 1 aromatic carbocycles. The van der Waals surface area contributed by atoms with Gasteiger partial charge in [-0.25, -0.2) is 5.10 Å². The lowest BCUT2D eigenvalue weighted by Gasteiger charge is -2.20. The summed E-state index contributed by atoms with van der Waals surface area (Å²) in [5.74, 6) is 0.238. The minimum Gasteiger partial charge on any atom is -0.508 e. The highest BCUT2D eigenvalue weighted by Crippen LogP contribution is 2.31. The quantitative estimate of drug-likeness (QED) is 0.877. The van der Waals surface area contributed by atoms with Crippen LogP contribution in [0, 0.1) is 6.92 Å². The average Bonchev–Trinajstić information content (AvgIpc) is 2.96. The lowest BCUT2D eigenvalue weighted by molar-refractivity contribution is 0.471. The van der Waals surface area contributed by atoms with Crippen molar-refractivity contribution in [3.8, 4) is 16.9 Å². The van der Waals surface area contributed by atoms with Crippen LogP contribution >= 0.6 is 0 Å². The molecule has 0 aliphatic carbocycles. The minimum atomic E-state index is -0.195. The van der Waals surface area contributed by atoms with E-state index in [4.69, 9.17) is 0 Å². The number of nitrogens with zero attached hydrogens (tertiary/aromatic N) is 2. The van der Waals surface area contributed by atoms with Crippen molar-refractivity contribution in [3.05, 3.63) is 40.3 Å². The molecule has 20 heavy (non-hydrogen) atoms. The Bertz CT molecular complexity index is 688. The third-order valence-corrected chi connectivity index (χ3v) is 3.77.